The molecule has 5 heteroatoms. The summed E-state index contributed by atoms with van der Waals surface area (Å²) in [6.07, 6.45) is 0. The zero-order valence-corrected chi connectivity index (χ0v) is 11.7. The van der Waals surface area contributed by atoms with Crippen LogP contribution in [0, 0.1) is 6.92 Å². The first-order valence-electron chi connectivity index (χ1n) is 6.56. The number of nitrogens with one attached hydrogen (secondary N) is 1. The molecule has 0 aliphatic heterocycles. The number of nitrogens with zero attached hydrogens (tertiary/aromatic N) is 3. The zero-order chi connectivity index (χ0) is 14.1. The van der Waals surface area contributed by atoms with Crippen molar-refractivity contribution in [3.63, 3.8) is 0 Å². The Labute approximate surface area is 117 Å². The molecule has 0 bridgehead atoms. The molecule has 2 aromatic heterocycles. The number of para-hydroxylation sites is 1. The fraction of sp³-hybridized carbons (Fsp3) is 0.267. The fourth-order valence-electron chi connectivity index (χ4n) is 2.13. The van der Waals surface area contributed by atoms with E-state index >= 15 is 0 Å². The maximum atomic E-state index is 5.77. The van der Waals surface area contributed by atoms with Crippen LogP contribution < -0.4 is 5.32 Å². The highest BCUT2D eigenvalue weighted by atomic mass is 16.4. The van der Waals surface area contributed by atoms with E-state index < -0.39 is 0 Å². The van der Waals surface area contributed by atoms with E-state index in [9.17, 15) is 0 Å². The number of pyridine rings is 1. The molecule has 1 atom stereocenters. The Kier molecular flexibility index (Phi) is 3.20. The summed E-state index contributed by atoms with van der Waals surface area (Å²) < 4.78 is 5.77. The van der Waals surface area contributed by atoms with Crippen molar-refractivity contribution < 1.29 is 4.42 Å². The lowest BCUT2D eigenvalue weighted by Gasteiger charge is -2.05. The lowest BCUT2D eigenvalue weighted by molar-refractivity contribution is 0.441. The van der Waals surface area contributed by atoms with Crippen LogP contribution in [0.15, 0.2) is 34.7 Å². The van der Waals surface area contributed by atoms with Crippen LogP contribution in [0.3, 0.4) is 0 Å². The molecule has 3 aromatic rings. The molecular formula is C15H16N4O. The summed E-state index contributed by atoms with van der Waals surface area (Å²) in [4.78, 5) is 4.52. The largest absolute Gasteiger partial charge is 0.419 e. The van der Waals surface area contributed by atoms with Gasteiger partial charge in [-0.1, -0.05) is 18.2 Å². The Balaban J connectivity index is 2.16. The van der Waals surface area contributed by atoms with Crippen LogP contribution in [0.25, 0.3) is 22.4 Å². The van der Waals surface area contributed by atoms with Crippen molar-refractivity contribution >= 4 is 10.9 Å². The first-order valence-corrected chi connectivity index (χ1v) is 6.56. The normalized spacial score (nSPS) is 12.8. The summed E-state index contributed by atoms with van der Waals surface area (Å²) in [5.41, 5.74) is 2.79. The van der Waals surface area contributed by atoms with Crippen LogP contribution in [0.2, 0.25) is 0 Å². The Hall–Kier alpha value is -2.27. The van der Waals surface area contributed by atoms with Crippen LogP contribution in [0.4, 0.5) is 0 Å². The molecule has 0 saturated heterocycles. The molecular weight excluding hydrogens is 252 g/mol. The van der Waals surface area contributed by atoms with Gasteiger partial charge in [0.1, 0.15) is 0 Å². The average Bonchev–Trinajstić information content (AvgIpc) is 2.95. The second-order valence-electron chi connectivity index (χ2n) is 4.78. The van der Waals surface area contributed by atoms with Crippen molar-refractivity contribution in [1.82, 2.24) is 20.5 Å². The van der Waals surface area contributed by atoms with Crippen LogP contribution in [-0.2, 0) is 0 Å². The van der Waals surface area contributed by atoms with Gasteiger partial charge >= 0.3 is 0 Å². The molecule has 1 N–H and O–H groups in total. The Bertz CT molecular complexity index is 750. The molecule has 3 rings (SSSR count). The van der Waals surface area contributed by atoms with Crippen LogP contribution in [0.1, 0.15) is 24.6 Å². The summed E-state index contributed by atoms with van der Waals surface area (Å²) in [5, 5.41) is 12.4. The first kappa shape index (κ1) is 12.7. The molecule has 20 heavy (non-hydrogen) atoms. The van der Waals surface area contributed by atoms with Crippen LogP contribution in [0.5, 0.6) is 0 Å². The van der Waals surface area contributed by atoms with Gasteiger partial charge in [-0.25, -0.2) is 0 Å². The number of rotatable bonds is 3. The van der Waals surface area contributed by atoms with Crippen LogP contribution in [-0.4, -0.2) is 22.2 Å². The highest BCUT2D eigenvalue weighted by Gasteiger charge is 2.15. The quantitative estimate of drug-likeness (QED) is 0.791. The Morgan fingerprint density at radius 2 is 2.00 bits per heavy atom. The molecule has 0 fully saturated rings. The summed E-state index contributed by atoms with van der Waals surface area (Å²) in [7, 11) is 1.86. The minimum Gasteiger partial charge on any atom is -0.419 e. The molecule has 0 spiro atoms. The molecule has 102 valence electrons. The van der Waals surface area contributed by atoms with Crippen molar-refractivity contribution in [2.45, 2.75) is 19.9 Å². The minimum absolute atomic E-state index is 0.0328. The predicted molar refractivity (Wildman–Crippen MR) is 77.2 cm³/mol. The summed E-state index contributed by atoms with van der Waals surface area (Å²) in [6.45, 7) is 3.94. The van der Waals surface area contributed by atoms with Crippen LogP contribution >= 0.6 is 0 Å². The van der Waals surface area contributed by atoms with E-state index in [1.165, 1.54) is 0 Å². The third kappa shape index (κ3) is 2.16. The van der Waals surface area contributed by atoms with Gasteiger partial charge in [0, 0.05) is 16.6 Å². The predicted octanol–water partition coefficient (Wildman–Crippen LogP) is 2.87. The molecule has 0 aliphatic carbocycles. The van der Waals surface area contributed by atoms with Gasteiger partial charge in [0.05, 0.1) is 11.6 Å². The maximum absolute atomic E-state index is 5.77. The lowest BCUT2D eigenvalue weighted by atomic mass is 10.1. The van der Waals surface area contributed by atoms with E-state index in [1.54, 1.807) is 0 Å². The molecule has 5 nitrogen and oxygen atoms in total. The van der Waals surface area contributed by atoms with E-state index in [1.807, 2.05) is 51.2 Å². The molecule has 0 aliphatic rings. The first-order chi connectivity index (χ1) is 9.69. The smallest absolute Gasteiger partial charge is 0.248 e. The summed E-state index contributed by atoms with van der Waals surface area (Å²) in [6, 6.07) is 9.97. The number of aryl methyl sites for hydroxylation is 1. The van der Waals surface area contributed by atoms with Gasteiger partial charge in [0.25, 0.3) is 0 Å². The summed E-state index contributed by atoms with van der Waals surface area (Å²) >= 11 is 0. The molecule has 2 heterocycles. The second-order valence-corrected chi connectivity index (χ2v) is 4.78. The maximum Gasteiger partial charge on any atom is 0.248 e. The Morgan fingerprint density at radius 1 is 1.20 bits per heavy atom. The number of aromatic nitrogens is 3. The third-order valence-corrected chi connectivity index (χ3v) is 3.32. The van der Waals surface area contributed by atoms with Gasteiger partial charge < -0.3 is 9.73 Å². The van der Waals surface area contributed by atoms with E-state index in [0.29, 0.717) is 11.8 Å². The minimum atomic E-state index is 0.0328. The van der Waals surface area contributed by atoms with Gasteiger partial charge in [-0.05, 0) is 33.0 Å². The van der Waals surface area contributed by atoms with Crippen molar-refractivity contribution in [2.24, 2.45) is 0 Å². The number of fused-ring (bicyclic) bond motifs is 1. The molecule has 1 unspecified atom stereocenters. The van der Waals surface area contributed by atoms with Gasteiger partial charge in [0.2, 0.25) is 11.8 Å². The average molecular weight is 268 g/mol. The SMILES string of the molecule is CNC(C)c1nnc(-c2cc(C)nc3ccccc23)o1. The molecule has 0 amide bonds. The standard InChI is InChI=1S/C15H16N4O/c1-9-8-12(11-6-4-5-7-13(11)17-9)15-19-18-14(20-15)10(2)16-3/h4-8,10,16H,1-3H3. The highest BCUT2D eigenvalue weighted by molar-refractivity contribution is 5.92. The number of benzene rings is 1. The number of hydrogen-bond acceptors (Lipinski definition) is 5. The fourth-order valence-corrected chi connectivity index (χ4v) is 2.13. The van der Waals surface area contributed by atoms with E-state index in [2.05, 4.69) is 20.5 Å². The van der Waals surface area contributed by atoms with E-state index in [4.69, 9.17) is 4.42 Å². The monoisotopic (exact) mass is 268 g/mol. The van der Waals surface area contributed by atoms with Gasteiger partial charge in [0.15, 0.2) is 0 Å². The molecule has 0 saturated carbocycles. The third-order valence-electron chi connectivity index (χ3n) is 3.32. The number of hydrogen-bond donors (Lipinski definition) is 1. The molecule has 0 radical (unpaired) electrons. The second kappa shape index (κ2) is 5.02. The van der Waals surface area contributed by atoms with Crippen molar-refractivity contribution in [3.8, 4) is 11.5 Å². The van der Waals surface area contributed by atoms with Crippen molar-refractivity contribution in [2.75, 3.05) is 7.05 Å². The Morgan fingerprint density at radius 3 is 2.80 bits per heavy atom. The summed E-state index contributed by atoms with van der Waals surface area (Å²) in [5.74, 6) is 1.12. The van der Waals surface area contributed by atoms with Gasteiger partial charge in [-0.15, -0.1) is 10.2 Å². The zero-order valence-electron chi connectivity index (χ0n) is 11.7. The van der Waals surface area contributed by atoms with Gasteiger partial charge in [-0.2, -0.15) is 0 Å². The topological polar surface area (TPSA) is 63.8 Å². The van der Waals surface area contributed by atoms with E-state index in [-0.39, 0.29) is 6.04 Å². The van der Waals surface area contributed by atoms with Gasteiger partial charge in [-0.3, -0.25) is 4.98 Å². The molecule has 1 aromatic carbocycles. The van der Waals surface area contributed by atoms with Crippen molar-refractivity contribution in [1.29, 1.82) is 0 Å². The van der Waals surface area contributed by atoms with E-state index in [0.717, 1.165) is 22.2 Å². The lowest BCUT2D eigenvalue weighted by Crippen LogP contribution is -2.12. The highest BCUT2D eigenvalue weighted by Crippen LogP contribution is 2.28. The van der Waals surface area contributed by atoms with Crippen molar-refractivity contribution in [3.05, 3.63) is 41.9 Å².